The van der Waals surface area contributed by atoms with E-state index < -0.39 is 0 Å². The number of rotatable bonds is 2. The van der Waals surface area contributed by atoms with Gasteiger partial charge in [-0.25, -0.2) is 0 Å². The van der Waals surface area contributed by atoms with Gasteiger partial charge in [-0.05, 0) is 18.2 Å². The number of benzene rings is 1. The number of anilines is 1. The van der Waals surface area contributed by atoms with Crippen molar-refractivity contribution >= 4 is 16.7 Å². The smallest absolute Gasteiger partial charge is 0.107 e. The molecule has 0 atom stereocenters. The third-order valence-corrected chi connectivity index (χ3v) is 4.00. The highest BCUT2D eigenvalue weighted by Gasteiger charge is 2.10. The van der Waals surface area contributed by atoms with Crippen molar-refractivity contribution in [3.05, 3.63) is 48.9 Å². The van der Waals surface area contributed by atoms with Gasteiger partial charge in [-0.2, -0.15) is 0 Å². The summed E-state index contributed by atoms with van der Waals surface area (Å²) in [6.45, 7) is 4.21. The lowest BCUT2D eigenvalue weighted by Gasteiger charge is -2.29. The number of aromatic nitrogens is 3. The highest BCUT2D eigenvalue weighted by Crippen LogP contribution is 2.23. The second-order valence-electron chi connectivity index (χ2n) is 5.40. The largest absolute Gasteiger partial charge is 0.369 e. The Balaban J connectivity index is 1.63. The molecule has 1 aliphatic heterocycles. The molecule has 110 valence electrons. The van der Waals surface area contributed by atoms with Crippen molar-refractivity contribution in [2.24, 2.45) is 0 Å². The van der Waals surface area contributed by atoms with Gasteiger partial charge < -0.3 is 10.2 Å². The Morgan fingerprint density at radius 1 is 0.864 bits per heavy atom. The van der Waals surface area contributed by atoms with Crippen LogP contribution in [-0.2, 0) is 0 Å². The highest BCUT2D eigenvalue weighted by molar-refractivity contribution is 5.78. The normalized spacial score (nSPS) is 15.2. The van der Waals surface area contributed by atoms with Crippen molar-refractivity contribution < 1.29 is 0 Å². The van der Waals surface area contributed by atoms with Crippen molar-refractivity contribution in [2.75, 3.05) is 31.1 Å². The van der Waals surface area contributed by atoms with Gasteiger partial charge in [0.15, 0.2) is 0 Å². The molecule has 0 amide bonds. The zero-order chi connectivity index (χ0) is 14.8. The Kier molecular flexibility index (Phi) is 3.40. The third kappa shape index (κ3) is 2.51. The van der Waals surface area contributed by atoms with Gasteiger partial charge >= 0.3 is 0 Å². The maximum atomic E-state index is 4.49. The molecule has 5 nitrogen and oxygen atoms in total. The minimum absolute atomic E-state index is 0.823. The topological polar surface area (TPSA) is 53.9 Å². The summed E-state index contributed by atoms with van der Waals surface area (Å²) in [5, 5.41) is 3.37. The Hall–Kier alpha value is -2.53. The summed E-state index contributed by atoms with van der Waals surface area (Å²) in [5.74, 6) is 0. The molecular weight excluding hydrogens is 274 g/mol. The van der Waals surface area contributed by atoms with Gasteiger partial charge in [0.25, 0.3) is 0 Å². The first-order valence-electron chi connectivity index (χ1n) is 7.53. The molecule has 1 aliphatic rings. The lowest BCUT2D eigenvalue weighted by molar-refractivity contribution is 0.589. The number of nitrogens with zero attached hydrogens (tertiary/aromatic N) is 4. The van der Waals surface area contributed by atoms with Crippen LogP contribution in [0.25, 0.3) is 22.3 Å². The average Bonchev–Trinajstić information content (AvgIpc) is 2.62. The minimum atomic E-state index is 0.823. The van der Waals surface area contributed by atoms with Gasteiger partial charge in [0.05, 0.1) is 17.4 Å². The lowest BCUT2D eigenvalue weighted by Crippen LogP contribution is -2.43. The van der Waals surface area contributed by atoms with Crippen LogP contribution in [0, 0.1) is 0 Å². The van der Waals surface area contributed by atoms with E-state index >= 15 is 0 Å². The first-order chi connectivity index (χ1) is 10.9. The standard InChI is InChI=1S/C17H17N5/c1-3-14(22-9-7-18-8-10-22)4-2-13(1)15-11-16-17(12-21-15)20-6-5-19-16/h1-6,11-12,18H,7-10H2. The first kappa shape index (κ1) is 13.2. The molecule has 22 heavy (non-hydrogen) atoms. The zero-order valence-corrected chi connectivity index (χ0v) is 12.2. The molecule has 0 saturated carbocycles. The summed E-state index contributed by atoms with van der Waals surface area (Å²) in [4.78, 5) is 15.5. The van der Waals surface area contributed by atoms with Crippen LogP contribution in [0.2, 0.25) is 0 Å². The second-order valence-corrected chi connectivity index (χ2v) is 5.40. The van der Waals surface area contributed by atoms with E-state index in [-0.39, 0.29) is 0 Å². The SMILES string of the molecule is c1cnc2cc(-c3ccc(N4CCNCC4)cc3)ncc2n1. The maximum Gasteiger partial charge on any atom is 0.107 e. The fourth-order valence-electron chi connectivity index (χ4n) is 2.79. The minimum Gasteiger partial charge on any atom is -0.369 e. The van der Waals surface area contributed by atoms with Crippen molar-refractivity contribution in [3.63, 3.8) is 0 Å². The van der Waals surface area contributed by atoms with E-state index in [9.17, 15) is 0 Å². The number of hydrogen-bond donors (Lipinski definition) is 1. The van der Waals surface area contributed by atoms with Gasteiger partial charge in [-0.1, -0.05) is 12.1 Å². The van der Waals surface area contributed by atoms with E-state index in [1.165, 1.54) is 5.69 Å². The van der Waals surface area contributed by atoms with E-state index in [4.69, 9.17) is 0 Å². The van der Waals surface area contributed by atoms with Gasteiger partial charge in [0, 0.05) is 49.8 Å². The van der Waals surface area contributed by atoms with Crippen LogP contribution >= 0.6 is 0 Å². The Morgan fingerprint density at radius 3 is 2.36 bits per heavy atom. The molecule has 1 N–H and O–H groups in total. The van der Waals surface area contributed by atoms with Gasteiger partial charge in [-0.3, -0.25) is 15.0 Å². The van der Waals surface area contributed by atoms with Crippen LogP contribution in [0.3, 0.4) is 0 Å². The second kappa shape index (κ2) is 5.69. The average molecular weight is 291 g/mol. The summed E-state index contributed by atoms with van der Waals surface area (Å²) < 4.78 is 0. The molecular formula is C17H17N5. The molecule has 1 aromatic carbocycles. The summed E-state index contributed by atoms with van der Waals surface area (Å²) in [6, 6.07) is 10.6. The molecule has 2 aromatic heterocycles. The fourth-order valence-corrected chi connectivity index (χ4v) is 2.79. The molecule has 0 unspecified atom stereocenters. The van der Waals surface area contributed by atoms with Crippen LogP contribution in [0.5, 0.6) is 0 Å². The number of pyridine rings is 1. The third-order valence-electron chi connectivity index (χ3n) is 4.00. The van der Waals surface area contributed by atoms with Crippen LogP contribution in [0.4, 0.5) is 5.69 Å². The summed E-state index contributed by atoms with van der Waals surface area (Å²) in [5.41, 5.74) is 5.00. The molecule has 0 radical (unpaired) electrons. The van der Waals surface area contributed by atoms with Crippen molar-refractivity contribution in [1.82, 2.24) is 20.3 Å². The highest BCUT2D eigenvalue weighted by atomic mass is 15.2. The fraction of sp³-hybridized carbons (Fsp3) is 0.235. The summed E-state index contributed by atoms with van der Waals surface area (Å²) in [6.07, 6.45) is 5.17. The van der Waals surface area contributed by atoms with Crippen molar-refractivity contribution in [1.29, 1.82) is 0 Å². The Morgan fingerprint density at radius 2 is 1.59 bits per heavy atom. The molecule has 1 saturated heterocycles. The molecule has 3 aromatic rings. The molecule has 5 heteroatoms. The van der Waals surface area contributed by atoms with E-state index in [1.807, 2.05) is 6.07 Å². The molecule has 1 fully saturated rings. The van der Waals surface area contributed by atoms with Gasteiger partial charge in [0.1, 0.15) is 5.52 Å². The Bertz CT molecular complexity index is 778. The van der Waals surface area contributed by atoms with Crippen LogP contribution < -0.4 is 10.2 Å². The number of hydrogen-bond acceptors (Lipinski definition) is 5. The quantitative estimate of drug-likeness (QED) is 0.783. The van der Waals surface area contributed by atoms with Gasteiger partial charge in [-0.15, -0.1) is 0 Å². The molecule has 0 aliphatic carbocycles. The van der Waals surface area contributed by atoms with Crippen molar-refractivity contribution in [2.45, 2.75) is 0 Å². The molecule has 0 bridgehead atoms. The van der Waals surface area contributed by atoms with E-state index in [1.54, 1.807) is 18.6 Å². The lowest BCUT2D eigenvalue weighted by atomic mass is 10.1. The first-order valence-corrected chi connectivity index (χ1v) is 7.53. The Labute approximate surface area is 129 Å². The monoisotopic (exact) mass is 291 g/mol. The van der Waals surface area contributed by atoms with Crippen LogP contribution in [-0.4, -0.2) is 41.1 Å². The van der Waals surface area contributed by atoms with E-state index in [0.717, 1.165) is 48.5 Å². The van der Waals surface area contributed by atoms with Crippen LogP contribution in [0.15, 0.2) is 48.9 Å². The predicted octanol–water partition coefficient (Wildman–Crippen LogP) is 2.10. The number of fused-ring (bicyclic) bond motifs is 1. The molecule has 0 spiro atoms. The number of nitrogens with one attached hydrogen (secondary N) is 1. The molecule has 4 rings (SSSR count). The van der Waals surface area contributed by atoms with Crippen LogP contribution in [0.1, 0.15) is 0 Å². The molecule has 3 heterocycles. The zero-order valence-electron chi connectivity index (χ0n) is 12.2. The number of piperazine rings is 1. The maximum absolute atomic E-state index is 4.49. The van der Waals surface area contributed by atoms with E-state index in [2.05, 4.69) is 49.4 Å². The van der Waals surface area contributed by atoms with E-state index in [0.29, 0.717) is 0 Å². The van der Waals surface area contributed by atoms with Crippen molar-refractivity contribution in [3.8, 4) is 11.3 Å². The summed E-state index contributed by atoms with van der Waals surface area (Å²) in [7, 11) is 0. The van der Waals surface area contributed by atoms with Gasteiger partial charge in [0.2, 0.25) is 0 Å². The summed E-state index contributed by atoms with van der Waals surface area (Å²) >= 11 is 0. The predicted molar refractivity (Wildman–Crippen MR) is 87.9 cm³/mol.